The molecule has 0 unspecified atom stereocenters. The Hall–Kier alpha value is -2.66. The van der Waals surface area contributed by atoms with E-state index in [2.05, 4.69) is 11.8 Å². The van der Waals surface area contributed by atoms with Gasteiger partial charge in [-0.25, -0.2) is 0 Å². The third kappa shape index (κ3) is 5.92. The van der Waals surface area contributed by atoms with Crippen molar-refractivity contribution < 1.29 is 9.59 Å². The Balaban J connectivity index is 1.53. The van der Waals surface area contributed by atoms with Gasteiger partial charge in [-0.15, -0.1) is 0 Å². The van der Waals surface area contributed by atoms with Gasteiger partial charge in [0.2, 0.25) is 5.91 Å². The zero-order chi connectivity index (χ0) is 21.3. The van der Waals surface area contributed by atoms with Crippen molar-refractivity contribution in [1.82, 2.24) is 14.7 Å². The van der Waals surface area contributed by atoms with Crippen molar-refractivity contribution in [2.45, 2.75) is 38.8 Å². The number of carbonyl (C=O) groups is 2. The molecule has 1 aliphatic heterocycles. The number of hydrogen-bond donors (Lipinski definition) is 0. The third-order valence-corrected chi connectivity index (χ3v) is 5.83. The van der Waals surface area contributed by atoms with Crippen LogP contribution in [0.2, 0.25) is 0 Å². The van der Waals surface area contributed by atoms with Gasteiger partial charge in [-0.2, -0.15) is 0 Å². The van der Waals surface area contributed by atoms with Crippen LogP contribution >= 0.6 is 0 Å². The topological polar surface area (TPSA) is 43.9 Å². The highest BCUT2D eigenvalue weighted by Crippen LogP contribution is 2.19. The van der Waals surface area contributed by atoms with E-state index in [1.165, 1.54) is 0 Å². The summed E-state index contributed by atoms with van der Waals surface area (Å²) in [7, 11) is 1.88. The Bertz CT molecular complexity index is 802. The largest absolute Gasteiger partial charge is 0.340 e. The molecule has 0 atom stereocenters. The SMILES string of the molecule is CCCN(CC(=O)N(C)Cc1ccccc1)C1CCN(C(=O)c2ccccc2)CC1. The predicted octanol–water partition coefficient (Wildman–Crippen LogP) is 3.66. The summed E-state index contributed by atoms with van der Waals surface area (Å²) in [6.45, 7) is 5.61. The zero-order valence-corrected chi connectivity index (χ0v) is 18.2. The van der Waals surface area contributed by atoms with Gasteiger partial charge in [0.25, 0.3) is 5.91 Å². The van der Waals surface area contributed by atoms with Gasteiger partial charge in [-0.3, -0.25) is 14.5 Å². The Morgan fingerprint density at radius 3 is 2.17 bits per heavy atom. The van der Waals surface area contributed by atoms with Crippen molar-refractivity contribution >= 4 is 11.8 Å². The Kier molecular flexibility index (Phi) is 8.03. The van der Waals surface area contributed by atoms with Crippen LogP contribution < -0.4 is 0 Å². The van der Waals surface area contributed by atoms with Gasteiger partial charge < -0.3 is 9.80 Å². The van der Waals surface area contributed by atoms with Crippen LogP contribution in [0.1, 0.15) is 42.1 Å². The van der Waals surface area contributed by atoms with Crippen LogP contribution in [0.4, 0.5) is 0 Å². The molecule has 5 nitrogen and oxygen atoms in total. The van der Waals surface area contributed by atoms with Gasteiger partial charge in [-0.05, 0) is 43.5 Å². The number of likely N-dealkylation sites (N-methyl/N-ethyl adjacent to an activating group) is 1. The van der Waals surface area contributed by atoms with E-state index in [9.17, 15) is 9.59 Å². The van der Waals surface area contributed by atoms with Gasteiger partial charge in [-0.1, -0.05) is 55.5 Å². The minimum Gasteiger partial charge on any atom is -0.340 e. The number of carbonyl (C=O) groups excluding carboxylic acids is 2. The first-order chi connectivity index (χ1) is 14.6. The predicted molar refractivity (Wildman–Crippen MR) is 120 cm³/mol. The molecule has 0 spiro atoms. The van der Waals surface area contributed by atoms with Crippen molar-refractivity contribution in [3.8, 4) is 0 Å². The molecule has 0 aromatic heterocycles. The lowest BCUT2D eigenvalue weighted by atomic mass is 10.0. The molecule has 3 rings (SSSR count). The molecule has 0 bridgehead atoms. The van der Waals surface area contributed by atoms with Crippen LogP contribution in [0.3, 0.4) is 0 Å². The second kappa shape index (κ2) is 10.9. The molecule has 0 aliphatic carbocycles. The van der Waals surface area contributed by atoms with E-state index < -0.39 is 0 Å². The molecule has 2 aromatic carbocycles. The second-order valence-corrected chi connectivity index (χ2v) is 8.10. The van der Waals surface area contributed by atoms with E-state index >= 15 is 0 Å². The Labute approximate surface area is 180 Å². The Morgan fingerprint density at radius 1 is 0.967 bits per heavy atom. The van der Waals surface area contributed by atoms with E-state index in [-0.39, 0.29) is 11.8 Å². The van der Waals surface area contributed by atoms with Gasteiger partial charge in [0, 0.05) is 38.3 Å². The third-order valence-electron chi connectivity index (χ3n) is 5.83. The first-order valence-corrected chi connectivity index (χ1v) is 10.9. The lowest BCUT2D eigenvalue weighted by molar-refractivity contribution is -0.132. The van der Waals surface area contributed by atoms with Gasteiger partial charge >= 0.3 is 0 Å². The fourth-order valence-electron chi connectivity index (χ4n) is 4.12. The average molecular weight is 408 g/mol. The normalized spacial score (nSPS) is 14.7. The van der Waals surface area contributed by atoms with Gasteiger partial charge in [0.1, 0.15) is 0 Å². The summed E-state index contributed by atoms with van der Waals surface area (Å²) in [4.78, 5) is 31.6. The molecule has 30 heavy (non-hydrogen) atoms. The lowest BCUT2D eigenvalue weighted by Gasteiger charge is -2.38. The summed E-state index contributed by atoms with van der Waals surface area (Å²) in [5.74, 6) is 0.254. The monoisotopic (exact) mass is 407 g/mol. The number of likely N-dealkylation sites (tertiary alicyclic amines) is 1. The van der Waals surface area contributed by atoms with Crippen LogP contribution in [-0.2, 0) is 11.3 Å². The first kappa shape index (κ1) is 22.0. The second-order valence-electron chi connectivity index (χ2n) is 8.10. The molecule has 0 radical (unpaired) electrons. The van der Waals surface area contributed by atoms with Crippen molar-refractivity contribution in [3.05, 3.63) is 71.8 Å². The van der Waals surface area contributed by atoms with Gasteiger partial charge in [0.15, 0.2) is 0 Å². The van der Waals surface area contributed by atoms with Crippen LogP contribution in [0, 0.1) is 0 Å². The van der Waals surface area contributed by atoms with E-state index in [1.807, 2.05) is 77.5 Å². The van der Waals surface area contributed by atoms with Crippen LogP contribution in [-0.4, -0.2) is 65.8 Å². The standard InChI is InChI=1S/C25H33N3O2/c1-3-16-28(20-24(29)26(2)19-21-10-6-4-7-11-21)23-14-17-27(18-15-23)25(30)22-12-8-5-9-13-22/h4-13,23H,3,14-20H2,1-2H3. The highest BCUT2D eigenvalue weighted by molar-refractivity contribution is 5.94. The van der Waals surface area contributed by atoms with Crippen LogP contribution in [0.5, 0.6) is 0 Å². The molecule has 160 valence electrons. The average Bonchev–Trinajstić information content (AvgIpc) is 2.79. The van der Waals surface area contributed by atoms with E-state index in [0.717, 1.165) is 50.0 Å². The minimum atomic E-state index is 0.106. The Morgan fingerprint density at radius 2 is 1.57 bits per heavy atom. The summed E-state index contributed by atoms with van der Waals surface area (Å²) in [5.41, 5.74) is 1.89. The molecule has 1 heterocycles. The lowest BCUT2D eigenvalue weighted by Crippen LogP contribution is -2.49. The fraction of sp³-hybridized carbons (Fsp3) is 0.440. The quantitative estimate of drug-likeness (QED) is 0.671. The maximum absolute atomic E-state index is 12.9. The zero-order valence-electron chi connectivity index (χ0n) is 18.2. The molecule has 1 fully saturated rings. The minimum absolute atomic E-state index is 0.106. The molecular formula is C25H33N3O2. The first-order valence-electron chi connectivity index (χ1n) is 10.9. The summed E-state index contributed by atoms with van der Waals surface area (Å²) in [5, 5.41) is 0. The maximum Gasteiger partial charge on any atom is 0.253 e. The molecular weight excluding hydrogens is 374 g/mol. The number of rotatable bonds is 8. The number of benzene rings is 2. The van der Waals surface area contributed by atoms with Crippen LogP contribution in [0.25, 0.3) is 0 Å². The highest BCUT2D eigenvalue weighted by atomic mass is 16.2. The van der Waals surface area contributed by atoms with Gasteiger partial charge in [0.05, 0.1) is 6.54 Å². The summed E-state index contributed by atoms with van der Waals surface area (Å²) in [6.07, 6.45) is 2.83. The number of hydrogen-bond acceptors (Lipinski definition) is 3. The number of piperidine rings is 1. The maximum atomic E-state index is 12.9. The summed E-state index contributed by atoms with van der Waals surface area (Å²) >= 11 is 0. The fourth-order valence-corrected chi connectivity index (χ4v) is 4.12. The van der Waals surface area contributed by atoms with E-state index in [1.54, 1.807) is 0 Å². The van der Waals surface area contributed by atoms with E-state index in [0.29, 0.717) is 19.1 Å². The molecule has 2 aromatic rings. The molecule has 0 saturated carbocycles. The molecule has 1 aliphatic rings. The summed E-state index contributed by atoms with van der Waals surface area (Å²) in [6, 6.07) is 19.9. The highest BCUT2D eigenvalue weighted by Gasteiger charge is 2.28. The summed E-state index contributed by atoms with van der Waals surface area (Å²) < 4.78 is 0. The van der Waals surface area contributed by atoms with Crippen LogP contribution in [0.15, 0.2) is 60.7 Å². The number of amides is 2. The van der Waals surface area contributed by atoms with Crippen molar-refractivity contribution in [1.29, 1.82) is 0 Å². The molecule has 5 heteroatoms. The van der Waals surface area contributed by atoms with Crippen molar-refractivity contribution in [2.24, 2.45) is 0 Å². The van der Waals surface area contributed by atoms with Crippen molar-refractivity contribution in [2.75, 3.05) is 33.2 Å². The van der Waals surface area contributed by atoms with Crippen molar-refractivity contribution in [3.63, 3.8) is 0 Å². The molecule has 2 amide bonds. The smallest absolute Gasteiger partial charge is 0.253 e. The number of nitrogens with zero attached hydrogens (tertiary/aromatic N) is 3. The molecule has 1 saturated heterocycles. The molecule has 0 N–H and O–H groups in total. The van der Waals surface area contributed by atoms with E-state index in [4.69, 9.17) is 0 Å².